The summed E-state index contributed by atoms with van der Waals surface area (Å²) in [5, 5.41) is 0.963. The lowest BCUT2D eigenvalue weighted by molar-refractivity contribution is -0.144. The number of esters is 1. The summed E-state index contributed by atoms with van der Waals surface area (Å²) in [6.07, 6.45) is 5.66. The van der Waals surface area contributed by atoms with Crippen molar-refractivity contribution in [3.8, 4) is 0 Å². The third kappa shape index (κ3) is 3.99. The van der Waals surface area contributed by atoms with Gasteiger partial charge in [0, 0.05) is 9.77 Å². The number of carbonyl (C=O) groups excluding carboxylic acids is 2. The van der Waals surface area contributed by atoms with Crippen molar-refractivity contribution in [2.45, 2.75) is 43.6 Å². The van der Waals surface area contributed by atoms with E-state index in [0.29, 0.717) is 17.4 Å². The Morgan fingerprint density at radius 3 is 2.90 bits per heavy atom. The van der Waals surface area contributed by atoms with Gasteiger partial charge in [0.1, 0.15) is 17.2 Å². The van der Waals surface area contributed by atoms with E-state index < -0.39 is 5.97 Å². The smallest absolute Gasteiger partial charge is 0.326 e. The molecule has 0 saturated heterocycles. The number of thiophene rings is 1. The number of carbonyl (C=O) groups is 2. The van der Waals surface area contributed by atoms with Crippen molar-refractivity contribution in [3.63, 3.8) is 0 Å². The molecule has 7 nitrogen and oxygen atoms in total. The maximum atomic E-state index is 12.5. The SMILES string of the molecule is Nc1nc(COC(=O)CN2C(=O)CSc3ccccc32)nc2sc3c(c12)CCCCC3. The second-order valence-corrected chi connectivity index (χ2v) is 9.77. The van der Waals surface area contributed by atoms with Crippen LogP contribution in [-0.4, -0.2) is 34.1 Å². The van der Waals surface area contributed by atoms with Crippen LogP contribution < -0.4 is 10.6 Å². The summed E-state index contributed by atoms with van der Waals surface area (Å²) in [7, 11) is 0. The molecule has 1 aromatic carbocycles. The number of benzene rings is 1. The Bertz CT molecular complexity index is 1180. The Balaban J connectivity index is 1.30. The number of thioether (sulfide) groups is 1. The summed E-state index contributed by atoms with van der Waals surface area (Å²) in [6, 6.07) is 7.55. The number of hydrogen-bond acceptors (Lipinski definition) is 8. The van der Waals surface area contributed by atoms with E-state index in [0.717, 1.165) is 40.1 Å². The van der Waals surface area contributed by atoms with Crippen LogP contribution in [0.2, 0.25) is 0 Å². The molecule has 2 N–H and O–H groups in total. The van der Waals surface area contributed by atoms with Gasteiger partial charge in [-0.25, -0.2) is 9.97 Å². The van der Waals surface area contributed by atoms with Crippen LogP contribution in [0.4, 0.5) is 11.5 Å². The highest BCUT2D eigenvalue weighted by molar-refractivity contribution is 8.00. The molecule has 3 heterocycles. The van der Waals surface area contributed by atoms with Gasteiger partial charge in [0.15, 0.2) is 12.4 Å². The number of ether oxygens (including phenoxy) is 1. The van der Waals surface area contributed by atoms with Crippen LogP contribution in [0.25, 0.3) is 10.2 Å². The van der Waals surface area contributed by atoms with E-state index in [4.69, 9.17) is 10.5 Å². The summed E-state index contributed by atoms with van der Waals surface area (Å²) < 4.78 is 5.40. The molecule has 160 valence electrons. The van der Waals surface area contributed by atoms with Crippen LogP contribution >= 0.6 is 23.1 Å². The average Bonchev–Trinajstić information content (AvgIpc) is 2.96. The third-order valence-electron chi connectivity index (χ3n) is 5.60. The van der Waals surface area contributed by atoms with Gasteiger partial charge in [0.2, 0.25) is 5.91 Å². The van der Waals surface area contributed by atoms with Crippen LogP contribution in [0, 0.1) is 0 Å². The van der Waals surface area contributed by atoms with Crippen molar-refractivity contribution < 1.29 is 14.3 Å². The molecule has 9 heteroatoms. The van der Waals surface area contributed by atoms with Gasteiger partial charge in [-0.05, 0) is 43.4 Å². The molecular formula is C22H22N4O3S2. The zero-order valence-corrected chi connectivity index (χ0v) is 18.6. The van der Waals surface area contributed by atoms with Crippen molar-refractivity contribution in [2.75, 3.05) is 22.9 Å². The number of para-hydroxylation sites is 1. The normalized spacial score (nSPS) is 16.0. The number of rotatable bonds is 4. The summed E-state index contributed by atoms with van der Waals surface area (Å²) in [5.41, 5.74) is 8.29. The number of anilines is 2. The molecule has 1 aliphatic heterocycles. The van der Waals surface area contributed by atoms with E-state index >= 15 is 0 Å². The zero-order valence-electron chi connectivity index (χ0n) is 16.9. The number of nitrogen functional groups attached to an aromatic ring is 1. The van der Waals surface area contributed by atoms with Crippen molar-refractivity contribution in [1.82, 2.24) is 9.97 Å². The molecule has 0 atom stereocenters. The molecule has 0 unspecified atom stereocenters. The monoisotopic (exact) mass is 454 g/mol. The van der Waals surface area contributed by atoms with Gasteiger partial charge >= 0.3 is 5.97 Å². The number of hydrogen-bond donors (Lipinski definition) is 1. The molecule has 0 spiro atoms. The topological polar surface area (TPSA) is 98.4 Å². The van der Waals surface area contributed by atoms with Crippen molar-refractivity contribution in [2.24, 2.45) is 0 Å². The van der Waals surface area contributed by atoms with Gasteiger partial charge in [-0.3, -0.25) is 14.5 Å². The molecule has 0 radical (unpaired) electrons. The van der Waals surface area contributed by atoms with Gasteiger partial charge < -0.3 is 10.5 Å². The fourth-order valence-electron chi connectivity index (χ4n) is 4.12. The predicted octanol–water partition coefficient (Wildman–Crippen LogP) is 3.72. The van der Waals surface area contributed by atoms with Crippen LogP contribution in [0.5, 0.6) is 0 Å². The number of nitrogens with two attached hydrogens (primary N) is 1. The predicted molar refractivity (Wildman–Crippen MR) is 122 cm³/mol. The van der Waals surface area contributed by atoms with Gasteiger partial charge in [-0.15, -0.1) is 23.1 Å². The zero-order chi connectivity index (χ0) is 21.4. The molecule has 1 aliphatic carbocycles. The number of nitrogens with zero attached hydrogens (tertiary/aromatic N) is 3. The summed E-state index contributed by atoms with van der Waals surface area (Å²) in [6.45, 7) is -0.207. The Kier molecular flexibility index (Phi) is 5.54. The molecule has 5 rings (SSSR count). The molecule has 0 bridgehead atoms. The number of fused-ring (bicyclic) bond motifs is 4. The molecule has 31 heavy (non-hydrogen) atoms. The Morgan fingerprint density at radius 2 is 2.00 bits per heavy atom. The quantitative estimate of drug-likeness (QED) is 0.474. The molecule has 2 aromatic heterocycles. The van der Waals surface area contributed by atoms with Crippen LogP contribution in [-0.2, 0) is 33.8 Å². The van der Waals surface area contributed by atoms with Gasteiger partial charge in [-0.1, -0.05) is 18.6 Å². The minimum Gasteiger partial charge on any atom is -0.456 e. The maximum absolute atomic E-state index is 12.5. The molecule has 0 saturated carbocycles. The standard InChI is InChI=1S/C22H22N4O3S2/c23-21-20-13-6-2-1-3-8-15(13)31-22(20)25-17(24-21)11-29-19(28)10-26-14-7-4-5-9-16(14)30-12-18(26)27/h4-5,7,9H,1-3,6,8,10-12H2,(H2,23,24,25). The van der Waals surface area contributed by atoms with Crippen molar-refractivity contribution >= 4 is 56.7 Å². The molecule has 0 fully saturated rings. The van der Waals surface area contributed by atoms with Gasteiger partial charge in [-0.2, -0.15) is 0 Å². The van der Waals surface area contributed by atoms with Gasteiger partial charge in [0.05, 0.1) is 16.8 Å². The van der Waals surface area contributed by atoms with Crippen molar-refractivity contribution in [1.29, 1.82) is 0 Å². The molecule has 1 amide bonds. The number of amides is 1. The fraction of sp³-hybridized carbons (Fsp3) is 0.364. The lowest BCUT2D eigenvalue weighted by Gasteiger charge is -2.27. The van der Waals surface area contributed by atoms with E-state index in [9.17, 15) is 9.59 Å². The van der Waals surface area contributed by atoms with E-state index in [1.165, 1.54) is 39.9 Å². The van der Waals surface area contributed by atoms with E-state index in [1.54, 1.807) is 11.3 Å². The van der Waals surface area contributed by atoms with Crippen LogP contribution in [0.1, 0.15) is 35.5 Å². The fourth-order valence-corrected chi connectivity index (χ4v) is 6.34. The Hall–Kier alpha value is -2.65. The Morgan fingerprint density at radius 1 is 1.16 bits per heavy atom. The minimum absolute atomic E-state index is 0.0695. The lowest BCUT2D eigenvalue weighted by atomic mass is 10.1. The van der Waals surface area contributed by atoms with Gasteiger partial charge in [0.25, 0.3) is 0 Å². The third-order valence-corrected chi connectivity index (χ3v) is 7.83. The lowest BCUT2D eigenvalue weighted by Crippen LogP contribution is -2.39. The van der Waals surface area contributed by atoms with E-state index in [1.807, 2.05) is 24.3 Å². The second kappa shape index (κ2) is 8.47. The van der Waals surface area contributed by atoms with E-state index in [-0.39, 0.29) is 19.1 Å². The first kappa shape index (κ1) is 20.3. The molecular weight excluding hydrogens is 432 g/mol. The highest BCUT2D eigenvalue weighted by atomic mass is 32.2. The minimum atomic E-state index is -0.501. The summed E-state index contributed by atoms with van der Waals surface area (Å²) in [5.74, 6) is 0.536. The summed E-state index contributed by atoms with van der Waals surface area (Å²) in [4.78, 5) is 38.5. The largest absolute Gasteiger partial charge is 0.456 e. The summed E-state index contributed by atoms with van der Waals surface area (Å²) >= 11 is 3.15. The first-order valence-corrected chi connectivity index (χ1v) is 12.1. The molecule has 3 aromatic rings. The van der Waals surface area contributed by atoms with Crippen LogP contribution in [0.3, 0.4) is 0 Å². The molecule has 2 aliphatic rings. The van der Waals surface area contributed by atoms with Crippen LogP contribution in [0.15, 0.2) is 29.2 Å². The highest BCUT2D eigenvalue weighted by Crippen LogP contribution is 2.37. The Labute approximate surface area is 188 Å². The maximum Gasteiger partial charge on any atom is 0.326 e. The van der Waals surface area contributed by atoms with E-state index in [2.05, 4.69) is 9.97 Å². The number of aromatic nitrogens is 2. The average molecular weight is 455 g/mol. The first-order chi connectivity index (χ1) is 15.1. The number of aryl methyl sites for hydroxylation is 2. The highest BCUT2D eigenvalue weighted by Gasteiger charge is 2.27. The first-order valence-electron chi connectivity index (χ1n) is 10.3. The second-order valence-electron chi connectivity index (χ2n) is 7.67. The van der Waals surface area contributed by atoms with Crippen molar-refractivity contribution in [3.05, 3.63) is 40.5 Å².